The van der Waals surface area contributed by atoms with Crippen molar-refractivity contribution >= 4 is 5.84 Å². The van der Waals surface area contributed by atoms with Gasteiger partial charge in [-0.15, -0.1) is 0 Å². The fourth-order valence-corrected chi connectivity index (χ4v) is 0.560. The summed E-state index contributed by atoms with van der Waals surface area (Å²) >= 11 is 0. The van der Waals surface area contributed by atoms with Crippen molar-refractivity contribution < 1.29 is 0 Å². The number of hydrogen-bond acceptors (Lipinski definition) is 3. The molecule has 4 nitrogen and oxygen atoms in total. The van der Waals surface area contributed by atoms with Crippen LogP contribution in [0.5, 0.6) is 0 Å². The van der Waals surface area contributed by atoms with Gasteiger partial charge in [0.2, 0.25) is 0 Å². The first-order valence-corrected chi connectivity index (χ1v) is 3.68. The molecule has 0 atom stereocenters. The molecular weight excluding hydrogens is 164 g/mol. The Labute approximate surface area is 77.3 Å². The van der Waals surface area contributed by atoms with Gasteiger partial charge in [0.15, 0.2) is 0 Å². The Morgan fingerprint density at radius 2 is 2.23 bits per heavy atom. The fourth-order valence-electron chi connectivity index (χ4n) is 0.560. The lowest BCUT2D eigenvalue weighted by molar-refractivity contribution is 1.16. The molecule has 66 valence electrons. The lowest BCUT2D eigenvalue weighted by atomic mass is 10.3. The molecule has 0 unspecified atom stereocenters. The molecule has 0 saturated carbocycles. The minimum atomic E-state index is 0.0437. The minimum absolute atomic E-state index is 0.0437. The Morgan fingerprint density at radius 3 is 2.69 bits per heavy atom. The Balaban J connectivity index is 3.98. The highest BCUT2D eigenvalue weighted by Gasteiger charge is 1.89. The fraction of sp³-hybridized carbons (Fsp3) is 0.222. The number of allylic oxidation sites excluding steroid dienone is 3. The monoisotopic (exact) mass is 174 g/mol. The lowest BCUT2D eigenvalue weighted by Gasteiger charge is -1.95. The number of nitrogens with one attached hydrogen (secondary N) is 2. The van der Waals surface area contributed by atoms with Gasteiger partial charge in [0.25, 0.3) is 0 Å². The minimum Gasteiger partial charge on any atom is -0.350 e. The van der Waals surface area contributed by atoms with E-state index in [1.165, 1.54) is 6.20 Å². The van der Waals surface area contributed by atoms with Gasteiger partial charge in [0.05, 0.1) is 18.6 Å². The van der Waals surface area contributed by atoms with Crippen LogP contribution in [0.15, 0.2) is 23.9 Å². The van der Waals surface area contributed by atoms with Crippen LogP contribution < -0.4 is 5.32 Å². The van der Waals surface area contributed by atoms with E-state index in [0.717, 1.165) is 0 Å². The highest BCUT2D eigenvalue weighted by molar-refractivity contribution is 5.81. The van der Waals surface area contributed by atoms with Crippen molar-refractivity contribution in [1.29, 1.82) is 15.9 Å². The van der Waals surface area contributed by atoms with Crippen LogP contribution in [0.4, 0.5) is 0 Å². The second kappa shape index (κ2) is 6.63. The Bertz CT molecular complexity index is 311. The third-order valence-corrected chi connectivity index (χ3v) is 1.22. The van der Waals surface area contributed by atoms with Gasteiger partial charge in [0.1, 0.15) is 5.84 Å². The van der Waals surface area contributed by atoms with E-state index in [4.69, 9.17) is 15.9 Å². The van der Waals surface area contributed by atoms with Crippen molar-refractivity contribution in [3.63, 3.8) is 0 Å². The molecule has 0 aliphatic carbocycles. The quantitative estimate of drug-likeness (QED) is 0.294. The zero-order chi connectivity index (χ0) is 10.1. The summed E-state index contributed by atoms with van der Waals surface area (Å²) in [6, 6.07) is 3.79. The summed E-state index contributed by atoms with van der Waals surface area (Å²) < 4.78 is 0. The largest absolute Gasteiger partial charge is 0.350 e. The standard InChI is InChI=1S/C9H10N4/c1-2-8(7-11)4-6-13-9(12)3-5-10/h2,4,6H,3H2,1H3,(H2,12,13)/b6-4?,8-2+. The van der Waals surface area contributed by atoms with E-state index in [1.54, 1.807) is 19.1 Å². The maximum Gasteiger partial charge on any atom is 0.112 e. The Kier molecular flexibility index (Phi) is 5.57. The van der Waals surface area contributed by atoms with Crippen molar-refractivity contribution in [3.05, 3.63) is 23.9 Å². The smallest absolute Gasteiger partial charge is 0.112 e. The van der Waals surface area contributed by atoms with Crippen molar-refractivity contribution in [3.8, 4) is 12.1 Å². The van der Waals surface area contributed by atoms with E-state index in [2.05, 4.69) is 5.32 Å². The molecule has 0 radical (unpaired) electrons. The topological polar surface area (TPSA) is 83.5 Å². The zero-order valence-corrected chi connectivity index (χ0v) is 7.33. The first-order chi connectivity index (χ1) is 6.24. The average molecular weight is 174 g/mol. The van der Waals surface area contributed by atoms with Gasteiger partial charge >= 0.3 is 0 Å². The van der Waals surface area contributed by atoms with E-state index in [-0.39, 0.29) is 12.3 Å². The molecule has 0 aromatic rings. The van der Waals surface area contributed by atoms with Crippen molar-refractivity contribution in [2.75, 3.05) is 0 Å². The molecule has 0 amide bonds. The van der Waals surface area contributed by atoms with E-state index in [9.17, 15) is 0 Å². The third kappa shape index (κ3) is 5.23. The number of nitrogens with zero attached hydrogens (tertiary/aromatic N) is 2. The molecule has 4 heteroatoms. The van der Waals surface area contributed by atoms with Crippen LogP contribution in [-0.4, -0.2) is 5.84 Å². The van der Waals surface area contributed by atoms with Crippen LogP contribution >= 0.6 is 0 Å². The zero-order valence-electron chi connectivity index (χ0n) is 7.33. The molecule has 0 heterocycles. The van der Waals surface area contributed by atoms with Gasteiger partial charge < -0.3 is 5.32 Å². The second-order valence-electron chi connectivity index (χ2n) is 2.15. The van der Waals surface area contributed by atoms with Crippen LogP contribution in [0, 0.1) is 28.1 Å². The maximum absolute atomic E-state index is 8.49. The second-order valence-corrected chi connectivity index (χ2v) is 2.15. The van der Waals surface area contributed by atoms with Crippen molar-refractivity contribution in [2.24, 2.45) is 0 Å². The van der Waals surface area contributed by atoms with Crippen LogP contribution in [0.3, 0.4) is 0 Å². The predicted molar refractivity (Wildman–Crippen MR) is 49.6 cm³/mol. The number of amidine groups is 1. The molecule has 0 aliphatic heterocycles. The van der Waals surface area contributed by atoms with Crippen LogP contribution in [0.1, 0.15) is 13.3 Å². The molecule has 0 aromatic heterocycles. The summed E-state index contributed by atoms with van der Waals surface area (Å²) in [7, 11) is 0. The number of rotatable bonds is 3. The van der Waals surface area contributed by atoms with E-state index in [1.807, 2.05) is 12.1 Å². The summed E-state index contributed by atoms with van der Waals surface area (Å²) in [6.07, 6.45) is 4.72. The molecule has 0 spiro atoms. The first kappa shape index (κ1) is 10.9. The molecule has 0 saturated heterocycles. The summed E-state index contributed by atoms with van der Waals surface area (Å²) in [5.74, 6) is 0.118. The molecule has 13 heavy (non-hydrogen) atoms. The molecule has 0 aliphatic rings. The maximum atomic E-state index is 8.49. The molecule has 0 fully saturated rings. The molecule has 0 bridgehead atoms. The van der Waals surface area contributed by atoms with Gasteiger partial charge in [-0.25, -0.2) is 0 Å². The molecule has 0 rings (SSSR count). The summed E-state index contributed by atoms with van der Waals surface area (Å²) in [5, 5.41) is 26.4. The van der Waals surface area contributed by atoms with E-state index < -0.39 is 0 Å². The predicted octanol–water partition coefficient (Wildman–Crippen LogP) is 1.45. The summed E-state index contributed by atoms with van der Waals surface area (Å²) in [5.41, 5.74) is 0.511. The van der Waals surface area contributed by atoms with E-state index in [0.29, 0.717) is 5.57 Å². The normalized spacial score (nSPS) is 10.5. The van der Waals surface area contributed by atoms with Gasteiger partial charge in [-0.1, -0.05) is 6.08 Å². The van der Waals surface area contributed by atoms with Gasteiger partial charge in [0, 0.05) is 11.8 Å². The summed E-state index contributed by atoms with van der Waals surface area (Å²) in [4.78, 5) is 0. The van der Waals surface area contributed by atoms with E-state index >= 15 is 0 Å². The van der Waals surface area contributed by atoms with Gasteiger partial charge in [-0.2, -0.15) is 10.5 Å². The van der Waals surface area contributed by atoms with Crippen LogP contribution in [0.2, 0.25) is 0 Å². The van der Waals surface area contributed by atoms with Crippen molar-refractivity contribution in [1.82, 2.24) is 5.32 Å². The van der Waals surface area contributed by atoms with Crippen molar-refractivity contribution in [2.45, 2.75) is 13.3 Å². The van der Waals surface area contributed by atoms with Gasteiger partial charge in [-0.05, 0) is 13.0 Å². The SMILES string of the molecule is C/C=C(/C#N)C=CNC(=N)CC#N. The highest BCUT2D eigenvalue weighted by atomic mass is 14.9. The number of hydrogen-bond donors (Lipinski definition) is 2. The summed E-state index contributed by atoms with van der Waals surface area (Å²) in [6.45, 7) is 1.75. The Morgan fingerprint density at radius 1 is 1.54 bits per heavy atom. The van der Waals surface area contributed by atoms with Crippen LogP contribution in [-0.2, 0) is 0 Å². The third-order valence-electron chi connectivity index (χ3n) is 1.22. The van der Waals surface area contributed by atoms with Gasteiger partial charge in [-0.3, -0.25) is 5.41 Å². The Hall–Kier alpha value is -2.07. The highest BCUT2D eigenvalue weighted by Crippen LogP contribution is 1.91. The number of nitriles is 2. The first-order valence-electron chi connectivity index (χ1n) is 3.68. The lowest BCUT2D eigenvalue weighted by Crippen LogP contribution is -2.14. The molecule has 2 N–H and O–H groups in total. The molecule has 0 aromatic carbocycles. The molecular formula is C9H10N4. The average Bonchev–Trinajstić information content (AvgIpc) is 2.13. The van der Waals surface area contributed by atoms with Crippen LogP contribution in [0.25, 0.3) is 0 Å².